The molecular formula is C50H96O6. The summed E-state index contributed by atoms with van der Waals surface area (Å²) in [6, 6.07) is 0. The molecule has 0 fully saturated rings. The van der Waals surface area contributed by atoms with Gasteiger partial charge >= 0.3 is 17.9 Å². The minimum absolute atomic E-state index is 0.0631. The summed E-state index contributed by atoms with van der Waals surface area (Å²) in [4.78, 5) is 37.8. The maximum Gasteiger partial charge on any atom is 0.306 e. The van der Waals surface area contributed by atoms with E-state index in [0.29, 0.717) is 19.3 Å². The number of carbonyl (C=O) groups excluding carboxylic acids is 3. The van der Waals surface area contributed by atoms with Crippen LogP contribution in [-0.4, -0.2) is 37.2 Å². The van der Waals surface area contributed by atoms with E-state index in [9.17, 15) is 14.4 Å². The summed E-state index contributed by atoms with van der Waals surface area (Å²) >= 11 is 0. The Morgan fingerprint density at radius 2 is 0.589 bits per heavy atom. The van der Waals surface area contributed by atoms with Crippen LogP contribution >= 0.6 is 0 Å². The first-order valence-electron chi connectivity index (χ1n) is 24.9. The van der Waals surface area contributed by atoms with Crippen molar-refractivity contribution in [1.82, 2.24) is 0 Å². The third-order valence-electron chi connectivity index (χ3n) is 11.3. The van der Waals surface area contributed by atoms with E-state index in [4.69, 9.17) is 14.2 Å². The zero-order valence-corrected chi connectivity index (χ0v) is 38.1. The molecule has 6 nitrogen and oxygen atoms in total. The molecule has 0 saturated heterocycles. The van der Waals surface area contributed by atoms with E-state index in [-0.39, 0.29) is 31.1 Å². The number of hydrogen-bond acceptors (Lipinski definition) is 6. The molecule has 0 saturated carbocycles. The van der Waals surface area contributed by atoms with Gasteiger partial charge in [-0.05, 0) is 25.2 Å². The molecule has 0 unspecified atom stereocenters. The Kier molecular flexibility index (Phi) is 43.2. The fraction of sp³-hybridized carbons (Fsp3) is 0.940. The van der Waals surface area contributed by atoms with E-state index in [1.165, 1.54) is 173 Å². The van der Waals surface area contributed by atoms with Gasteiger partial charge in [0.25, 0.3) is 0 Å². The molecule has 0 aliphatic carbocycles. The molecule has 0 aliphatic rings. The van der Waals surface area contributed by atoms with Gasteiger partial charge in [0.05, 0.1) is 0 Å². The van der Waals surface area contributed by atoms with Crippen molar-refractivity contribution < 1.29 is 28.6 Å². The molecule has 0 radical (unpaired) electrons. The van der Waals surface area contributed by atoms with Crippen LogP contribution in [0.25, 0.3) is 0 Å². The van der Waals surface area contributed by atoms with Crippen LogP contribution in [0, 0.1) is 5.92 Å². The van der Waals surface area contributed by atoms with Crippen LogP contribution in [0.15, 0.2) is 0 Å². The zero-order valence-electron chi connectivity index (χ0n) is 38.1. The molecule has 0 aromatic heterocycles. The van der Waals surface area contributed by atoms with Crippen molar-refractivity contribution in [2.24, 2.45) is 5.92 Å². The number of unbranched alkanes of at least 4 members (excludes halogenated alkanes) is 32. The summed E-state index contributed by atoms with van der Waals surface area (Å²) in [7, 11) is 0. The number of carbonyl (C=O) groups is 3. The lowest BCUT2D eigenvalue weighted by atomic mass is 10.0. The Morgan fingerprint density at radius 1 is 0.339 bits per heavy atom. The first kappa shape index (κ1) is 54.4. The average molecular weight is 793 g/mol. The van der Waals surface area contributed by atoms with Gasteiger partial charge in [-0.3, -0.25) is 14.4 Å². The summed E-state index contributed by atoms with van der Waals surface area (Å²) in [6.45, 7) is 9.00. The molecule has 0 bridgehead atoms. The molecular weight excluding hydrogens is 697 g/mol. The zero-order chi connectivity index (χ0) is 41.0. The minimum Gasteiger partial charge on any atom is -0.462 e. The Hall–Kier alpha value is -1.59. The van der Waals surface area contributed by atoms with Crippen LogP contribution in [0.2, 0.25) is 0 Å². The maximum absolute atomic E-state index is 12.7. The van der Waals surface area contributed by atoms with Gasteiger partial charge in [0.1, 0.15) is 13.2 Å². The van der Waals surface area contributed by atoms with Crippen LogP contribution in [0.3, 0.4) is 0 Å². The van der Waals surface area contributed by atoms with E-state index in [1.54, 1.807) is 0 Å². The second-order valence-electron chi connectivity index (χ2n) is 17.6. The predicted molar refractivity (Wildman–Crippen MR) is 238 cm³/mol. The standard InChI is InChI=1S/C50H96O6/c1-5-7-9-11-13-15-17-19-21-26-30-34-38-42-49(52)55-45-47(44-54-48(51)41-37-33-29-25-20-18-16-14-12-10-8-6-2)56-50(53)43-39-35-31-27-23-22-24-28-32-36-40-46(3)4/h46-47H,5-45H2,1-4H3/t47-/m0/s1. The number of ether oxygens (including phenoxy) is 3. The summed E-state index contributed by atoms with van der Waals surface area (Å²) in [5, 5.41) is 0. The molecule has 0 heterocycles. The first-order chi connectivity index (χ1) is 27.4. The van der Waals surface area contributed by atoms with Gasteiger partial charge in [0.2, 0.25) is 0 Å². The second-order valence-corrected chi connectivity index (χ2v) is 17.6. The highest BCUT2D eigenvalue weighted by Crippen LogP contribution is 2.17. The van der Waals surface area contributed by atoms with Crippen molar-refractivity contribution in [2.45, 2.75) is 284 Å². The van der Waals surface area contributed by atoms with Gasteiger partial charge in [-0.1, -0.05) is 240 Å². The molecule has 0 N–H and O–H groups in total. The van der Waals surface area contributed by atoms with Crippen LogP contribution in [0.1, 0.15) is 278 Å². The predicted octanol–water partition coefficient (Wildman–Crippen LogP) is 15.9. The number of rotatable bonds is 45. The Morgan fingerprint density at radius 3 is 0.875 bits per heavy atom. The monoisotopic (exact) mass is 793 g/mol. The van der Waals surface area contributed by atoms with Crippen LogP contribution in [0.5, 0.6) is 0 Å². The second kappa shape index (κ2) is 44.5. The van der Waals surface area contributed by atoms with Gasteiger partial charge in [0, 0.05) is 19.3 Å². The van der Waals surface area contributed by atoms with E-state index in [2.05, 4.69) is 27.7 Å². The lowest BCUT2D eigenvalue weighted by molar-refractivity contribution is -0.167. The molecule has 0 aromatic rings. The van der Waals surface area contributed by atoms with Crippen molar-refractivity contribution in [1.29, 1.82) is 0 Å². The van der Waals surface area contributed by atoms with Gasteiger partial charge in [-0.25, -0.2) is 0 Å². The molecule has 0 aliphatic heterocycles. The smallest absolute Gasteiger partial charge is 0.306 e. The third-order valence-corrected chi connectivity index (χ3v) is 11.3. The fourth-order valence-corrected chi connectivity index (χ4v) is 7.51. The molecule has 0 amide bonds. The van der Waals surface area contributed by atoms with Gasteiger partial charge in [-0.2, -0.15) is 0 Å². The normalized spacial score (nSPS) is 11.9. The molecule has 0 rings (SSSR count). The SMILES string of the molecule is CCCCCCCCCCCCCCCC(=O)OC[C@H](COC(=O)CCCCCCCCCCCCCC)OC(=O)CCCCCCCCCCCCC(C)C. The van der Waals surface area contributed by atoms with Gasteiger partial charge in [-0.15, -0.1) is 0 Å². The largest absolute Gasteiger partial charge is 0.462 e. The van der Waals surface area contributed by atoms with Crippen molar-refractivity contribution >= 4 is 17.9 Å². The lowest BCUT2D eigenvalue weighted by Gasteiger charge is -2.18. The molecule has 332 valence electrons. The van der Waals surface area contributed by atoms with Gasteiger partial charge in [0.15, 0.2) is 6.10 Å². The van der Waals surface area contributed by atoms with E-state index in [1.807, 2.05) is 0 Å². The van der Waals surface area contributed by atoms with Gasteiger partial charge < -0.3 is 14.2 Å². The fourth-order valence-electron chi connectivity index (χ4n) is 7.51. The van der Waals surface area contributed by atoms with Crippen molar-refractivity contribution in [2.75, 3.05) is 13.2 Å². The highest BCUT2D eigenvalue weighted by molar-refractivity contribution is 5.71. The summed E-state index contributed by atoms with van der Waals surface area (Å²) in [5.74, 6) is -0.0314. The van der Waals surface area contributed by atoms with E-state index in [0.717, 1.165) is 63.7 Å². The summed E-state index contributed by atoms with van der Waals surface area (Å²) in [6.07, 6.45) is 45.1. The molecule has 56 heavy (non-hydrogen) atoms. The van der Waals surface area contributed by atoms with Crippen molar-refractivity contribution in [3.8, 4) is 0 Å². The number of esters is 3. The highest BCUT2D eigenvalue weighted by atomic mass is 16.6. The summed E-state index contributed by atoms with van der Waals surface area (Å²) < 4.78 is 16.8. The minimum atomic E-state index is -0.760. The topological polar surface area (TPSA) is 78.9 Å². The van der Waals surface area contributed by atoms with Crippen molar-refractivity contribution in [3.63, 3.8) is 0 Å². The average Bonchev–Trinajstić information content (AvgIpc) is 3.18. The lowest BCUT2D eigenvalue weighted by Crippen LogP contribution is -2.30. The van der Waals surface area contributed by atoms with Crippen LogP contribution in [0.4, 0.5) is 0 Å². The Balaban J connectivity index is 4.32. The van der Waals surface area contributed by atoms with Crippen LogP contribution < -0.4 is 0 Å². The van der Waals surface area contributed by atoms with Crippen molar-refractivity contribution in [3.05, 3.63) is 0 Å². The molecule has 1 atom stereocenters. The number of hydrogen-bond donors (Lipinski definition) is 0. The summed E-state index contributed by atoms with van der Waals surface area (Å²) in [5.41, 5.74) is 0. The third kappa shape index (κ3) is 43.5. The Labute approximate surface area is 348 Å². The molecule has 0 spiro atoms. The highest BCUT2D eigenvalue weighted by Gasteiger charge is 2.19. The maximum atomic E-state index is 12.7. The van der Waals surface area contributed by atoms with E-state index < -0.39 is 6.10 Å². The van der Waals surface area contributed by atoms with E-state index >= 15 is 0 Å². The van der Waals surface area contributed by atoms with Crippen LogP contribution in [-0.2, 0) is 28.6 Å². The quantitative estimate of drug-likeness (QED) is 0.0347. The Bertz CT molecular complexity index is 841. The first-order valence-corrected chi connectivity index (χ1v) is 24.9. The molecule has 6 heteroatoms. The molecule has 0 aromatic carbocycles.